The molecule has 7 nitrogen and oxygen atoms in total. The number of nitrogens with two attached hydrogens (primary N) is 1. The molecule has 2 fully saturated rings. The summed E-state index contributed by atoms with van der Waals surface area (Å²) < 4.78 is 19.4. The molecular weight excluding hydrogens is 404 g/mol. The molecule has 0 amide bonds. The van der Waals surface area contributed by atoms with Crippen LogP contribution in [0.3, 0.4) is 0 Å². The fourth-order valence-electron chi connectivity index (χ4n) is 3.79. The zero-order valence-electron chi connectivity index (χ0n) is 18.3. The maximum Gasteiger partial charge on any atom is 0.167 e. The Morgan fingerprint density at radius 1 is 1.28 bits per heavy atom. The van der Waals surface area contributed by atoms with Crippen LogP contribution in [-0.2, 0) is 16.0 Å². The molecule has 0 radical (unpaired) electrons. The minimum absolute atomic E-state index is 0.158. The van der Waals surface area contributed by atoms with Crippen LogP contribution < -0.4 is 5.73 Å². The minimum atomic E-state index is -0.267. The molecular formula is C25H28N4O3. The summed E-state index contributed by atoms with van der Waals surface area (Å²) in [5, 5.41) is 4.25. The molecule has 3 heterocycles. The maximum absolute atomic E-state index is 6.08. The first-order valence-electron chi connectivity index (χ1n) is 11.2. The fourth-order valence-corrected chi connectivity index (χ4v) is 3.79. The number of hydrogen-bond acceptors (Lipinski definition) is 6. The van der Waals surface area contributed by atoms with Crippen molar-refractivity contribution in [3.8, 4) is 23.2 Å². The Morgan fingerprint density at radius 2 is 2.12 bits per heavy atom. The molecule has 1 saturated heterocycles. The summed E-state index contributed by atoms with van der Waals surface area (Å²) in [5.74, 6) is 7.86. The van der Waals surface area contributed by atoms with E-state index in [9.17, 15) is 0 Å². The first-order valence-corrected chi connectivity index (χ1v) is 11.2. The van der Waals surface area contributed by atoms with Crippen LogP contribution in [0.2, 0.25) is 0 Å². The molecule has 2 N–H and O–H groups in total. The molecule has 2 atom stereocenters. The molecule has 0 spiro atoms. The van der Waals surface area contributed by atoms with Crippen molar-refractivity contribution in [3.63, 3.8) is 0 Å². The van der Waals surface area contributed by atoms with E-state index in [0.29, 0.717) is 6.54 Å². The van der Waals surface area contributed by atoms with Crippen LogP contribution in [0.25, 0.3) is 11.3 Å². The molecule has 2 aromatic heterocycles. The Bertz CT molecular complexity index is 1110. The van der Waals surface area contributed by atoms with Crippen LogP contribution in [0.4, 0.5) is 0 Å². The van der Waals surface area contributed by atoms with Crippen molar-refractivity contribution in [1.82, 2.24) is 14.7 Å². The molecule has 2 aliphatic rings. The second kappa shape index (κ2) is 8.91. The lowest BCUT2D eigenvalue weighted by molar-refractivity contribution is -0.188. The molecule has 1 aliphatic carbocycles. The Kier molecular flexibility index (Phi) is 5.83. The molecule has 1 unspecified atom stereocenters. The number of imidazole rings is 1. The van der Waals surface area contributed by atoms with E-state index in [-0.39, 0.29) is 17.9 Å². The van der Waals surface area contributed by atoms with Crippen LogP contribution in [0.1, 0.15) is 62.2 Å². The molecule has 32 heavy (non-hydrogen) atoms. The first kappa shape index (κ1) is 21.0. The van der Waals surface area contributed by atoms with Gasteiger partial charge in [-0.2, -0.15) is 0 Å². The third-order valence-electron chi connectivity index (χ3n) is 5.91. The summed E-state index contributed by atoms with van der Waals surface area (Å²) in [7, 11) is 0. The van der Waals surface area contributed by atoms with Crippen LogP contribution in [0, 0.1) is 11.8 Å². The van der Waals surface area contributed by atoms with E-state index in [1.54, 1.807) is 6.20 Å². The van der Waals surface area contributed by atoms with Gasteiger partial charge in [-0.1, -0.05) is 17.0 Å². The number of aromatic nitrogens is 3. The number of rotatable bonds is 6. The smallest absolute Gasteiger partial charge is 0.167 e. The van der Waals surface area contributed by atoms with Crippen molar-refractivity contribution in [3.05, 3.63) is 59.8 Å². The van der Waals surface area contributed by atoms with Crippen molar-refractivity contribution in [1.29, 1.82) is 0 Å². The topological polar surface area (TPSA) is 88.3 Å². The molecule has 1 aromatic carbocycles. The van der Waals surface area contributed by atoms with Gasteiger partial charge in [0.05, 0.1) is 12.1 Å². The van der Waals surface area contributed by atoms with Crippen molar-refractivity contribution in [2.75, 3.05) is 6.61 Å². The van der Waals surface area contributed by atoms with Crippen LogP contribution in [-0.4, -0.2) is 33.1 Å². The van der Waals surface area contributed by atoms with E-state index in [0.717, 1.165) is 67.1 Å². The zero-order valence-corrected chi connectivity index (χ0v) is 18.3. The van der Waals surface area contributed by atoms with Crippen molar-refractivity contribution in [2.45, 2.75) is 63.5 Å². The zero-order chi connectivity index (χ0) is 22.0. The van der Waals surface area contributed by atoms with Gasteiger partial charge in [-0.25, -0.2) is 4.98 Å². The normalized spacial score (nSPS) is 20.4. The van der Waals surface area contributed by atoms with Gasteiger partial charge in [0.25, 0.3) is 0 Å². The van der Waals surface area contributed by atoms with Crippen LogP contribution in [0.15, 0.2) is 47.2 Å². The van der Waals surface area contributed by atoms with Gasteiger partial charge in [-0.05, 0) is 63.3 Å². The molecule has 166 valence electrons. The summed E-state index contributed by atoms with van der Waals surface area (Å²) in [6.07, 6.45) is 8.51. The highest BCUT2D eigenvalue weighted by Crippen LogP contribution is 2.31. The van der Waals surface area contributed by atoms with Gasteiger partial charge < -0.3 is 24.3 Å². The highest BCUT2D eigenvalue weighted by Gasteiger charge is 2.36. The monoisotopic (exact) mass is 432 g/mol. The van der Waals surface area contributed by atoms with E-state index in [2.05, 4.69) is 22.0 Å². The number of ether oxygens (including phenoxy) is 2. The number of nitrogens with zero attached hydrogens (tertiary/aromatic N) is 3. The summed E-state index contributed by atoms with van der Waals surface area (Å²) in [4.78, 5) is 4.49. The van der Waals surface area contributed by atoms with Crippen LogP contribution in [0.5, 0.6) is 0 Å². The lowest BCUT2D eigenvalue weighted by atomic mass is 10.1. The van der Waals surface area contributed by atoms with E-state index in [1.807, 2.05) is 48.0 Å². The number of hydrogen-bond donors (Lipinski definition) is 1. The maximum atomic E-state index is 6.08. The average molecular weight is 433 g/mol. The Labute approximate surface area is 187 Å². The van der Waals surface area contributed by atoms with Crippen molar-refractivity contribution >= 4 is 0 Å². The number of benzene rings is 1. The second-order valence-electron chi connectivity index (χ2n) is 8.65. The third kappa shape index (κ3) is 4.94. The van der Waals surface area contributed by atoms with E-state index >= 15 is 0 Å². The molecule has 3 aromatic rings. The minimum Gasteiger partial charge on any atom is -0.356 e. The molecule has 7 heteroatoms. The van der Waals surface area contributed by atoms with Crippen molar-refractivity contribution in [2.24, 2.45) is 5.73 Å². The molecule has 0 bridgehead atoms. The predicted molar refractivity (Wildman–Crippen MR) is 119 cm³/mol. The van der Waals surface area contributed by atoms with Crippen LogP contribution >= 0.6 is 0 Å². The summed E-state index contributed by atoms with van der Waals surface area (Å²) in [6.45, 7) is 3.32. The quantitative estimate of drug-likeness (QED) is 0.592. The van der Waals surface area contributed by atoms with Gasteiger partial charge >= 0.3 is 0 Å². The van der Waals surface area contributed by atoms with Crippen molar-refractivity contribution < 1.29 is 14.0 Å². The van der Waals surface area contributed by atoms with Gasteiger partial charge in [0.15, 0.2) is 12.1 Å². The molecule has 5 rings (SSSR count). The fraction of sp³-hybridized carbons (Fsp3) is 0.440. The van der Waals surface area contributed by atoms with E-state index in [4.69, 9.17) is 19.7 Å². The van der Waals surface area contributed by atoms with E-state index < -0.39 is 0 Å². The molecule has 1 saturated carbocycles. The summed E-state index contributed by atoms with van der Waals surface area (Å²) >= 11 is 0. The standard InChI is InChI=1S/C25H28N4O3/c1-18(31-23-4-2-3-15-30-23)24-27-13-14-29(24)17-21-16-22(32-28-21)20-7-5-19(6-8-20)9-10-25(26)11-12-25/h5-8,13-14,16,18,23H,2-4,11-12,15,17,26H2,1H3/t18-,23?/m0/s1. The third-order valence-corrected chi connectivity index (χ3v) is 5.91. The van der Waals surface area contributed by atoms with Gasteiger partial charge in [0.2, 0.25) is 0 Å². The predicted octanol–water partition coefficient (Wildman–Crippen LogP) is 4.03. The van der Waals surface area contributed by atoms with Gasteiger partial charge in [-0.3, -0.25) is 0 Å². The van der Waals surface area contributed by atoms with Gasteiger partial charge in [0.1, 0.15) is 17.6 Å². The van der Waals surface area contributed by atoms with E-state index in [1.165, 1.54) is 0 Å². The summed E-state index contributed by atoms with van der Waals surface area (Å²) in [6, 6.07) is 9.91. The van der Waals surface area contributed by atoms with Gasteiger partial charge in [0, 0.05) is 36.2 Å². The lowest BCUT2D eigenvalue weighted by Gasteiger charge is -2.26. The Balaban J connectivity index is 1.24. The first-order chi connectivity index (χ1) is 15.6. The highest BCUT2D eigenvalue weighted by atomic mass is 16.7. The highest BCUT2D eigenvalue weighted by molar-refractivity contribution is 5.59. The largest absolute Gasteiger partial charge is 0.356 e. The van der Waals surface area contributed by atoms with Gasteiger partial charge in [-0.15, -0.1) is 0 Å². The SMILES string of the molecule is C[C@H](OC1CCCCO1)c1nccn1Cc1cc(-c2ccc(C#CC3(N)CC3)cc2)on1. The lowest BCUT2D eigenvalue weighted by Crippen LogP contribution is -2.24. The molecule has 1 aliphatic heterocycles. The Hall–Kier alpha value is -2.92. The summed E-state index contributed by atoms with van der Waals surface area (Å²) in [5.41, 5.74) is 8.49. The Morgan fingerprint density at radius 3 is 2.88 bits per heavy atom. The second-order valence-corrected chi connectivity index (χ2v) is 8.65. The average Bonchev–Trinajstić information content (AvgIpc) is 3.17.